The van der Waals surface area contributed by atoms with Crippen LogP contribution in [0.2, 0.25) is 0 Å². The van der Waals surface area contributed by atoms with Crippen molar-refractivity contribution in [1.82, 2.24) is 65.1 Å². The summed E-state index contributed by atoms with van der Waals surface area (Å²) in [5.74, 6) is 0. The maximum atomic E-state index is 8.92. The number of hydrogen-bond donors (Lipinski definition) is 0. The second-order valence-corrected chi connectivity index (χ2v) is 14.3. The summed E-state index contributed by atoms with van der Waals surface area (Å²) in [6, 6.07) is 5.98. The molecule has 0 unspecified atom stereocenters. The van der Waals surface area contributed by atoms with E-state index in [1.54, 1.807) is 40.8 Å². The van der Waals surface area contributed by atoms with Crippen molar-refractivity contribution in [3.8, 4) is 18.2 Å². The molecule has 0 saturated heterocycles. The second kappa shape index (κ2) is 19.0. The van der Waals surface area contributed by atoms with Gasteiger partial charge in [0.2, 0.25) is 0 Å². The third-order valence-electron chi connectivity index (χ3n) is 5.24. The van der Waals surface area contributed by atoms with E-state index >= 15 is 0 Å². The summed E-state index contributed by atoms with van der Waals surface area (Å²) in [6.07, 6.45) is 14.0. The predicted molar refractivity (Wildman–Crippen MR) is 177 cm³/mol. The summed E-state index contributed by atoms with van der Waals surface area (Å²) in [7, 11) is 1.82. The van der Waals surface area contributed by atoms with E-state index in [0.29, 0.717) is 37.3 Å². The van der Waals surface area contributed by atoms with Gasteiger partial charge in [-0.2, -0.15) is 15.8 Å². The van der Waals surface area contributed by atoms with E-state index in [-0.39, 0.29) is 0 Å². The molecule has 6 heterocycles. The largest absolute Gasteiger partial charge is 0.311 e. The normalized spacial score (nSPS) is 10.0. The van der Waals surface area contributed by atoms with E-state index in [4.69, 9.17) is 15.8 Å². The van der Waals surface area contributed by atoms with Crippen LogP contribution in [0, 0.1) is 40.9 Å². The Morgan fingerprint density at radius 2 is 1.17 bits per heavy atom. The first kappa shape index (κ1) is 35.9. The minimum Gasteiger partial charge on any atom is -0.311 e. The van der Waals surface area contributed by atoms with Gasteiger partial charge in [0.05, 0.1) is 0 Å². The van der Waals surface area contributed by atoms with Crippen LogP contribution in [0.15, 0.2) is 72.4 Å². The highest BCUT2D eigenvalue weighted by molar-refractivity contribution is 8.01. The Bertz CT molecular complexity index is 2060. The quantitative estimate of drug-likeness (QED) is 0.191. The lowest BCUT2D eigenvalue weighted by Crippen LogP contribution is -1.93. The Morgan fingerprint density at radius 1 is 0.667 bits per heavy atom. The highest BCUT2D eigenvalue weighted by atomic mass is 32.2. The van der Waals surface area contributed by atoms with Crippen molar-refractivity contribution in [3.05, 3.63) is 70.6 Å². The molecular formula is C27H22N16S5. The third kappa shape index (κ3) is 10.8. The van der Waals surface area contributed by atoms with E-state index in [0.717, 1.165) is 38.0 Å². The van der Waals surface area contributed by atoms with Crippen LogP contribution in [0.4, 0.5) is 0 Å². The molecule has 0 fully saturated rings. The molecule has 21 heteroatoms. The van der Waals surface area contributed by atoms with Gasteiger partial charge in [0, 0.05) is 50.6 Å². The van der Waals surface area contributed by atoms with Crippen LogP contribution in [0.1, 0.15) is 46.9 Å². The van der Waals surface area contributed by atoms with Gasteiger partial charge in [-0.1, -0.05) is 36.0 Å². The zero-order valence-electron chi connectivity index (χ0n) is 25.4. The van der Waals surface area contributed by atoms with Gasteiger partial charge in [-0.05, 0) is 48.6 Å². The molecule has 0 atom stereocenters. The molecule has 6 rings (SSSR count). The highest BCUT2D eigenvalue weighted by Crippen LogP contribution is 2.31. The van der Waals surface area contributed by atoms with Crippen molar-refractivity contribution in [2.24, 2.45) is 7.05 Å². The molecular weight excluding hydrogens is 709 g/mol. The van der Waals surface area contributed by atoms with E-state index in [1.807, 2.05) is 32.2 Å². The summed E-state index contributed by atoms with van der Waals surface area (Å²) >= 11 is 6.93. The molecule has 0 saturated carbocycles. The Balaban J connectivity index is 0.000000164. The van der Waals surface area contributed by atoms with Crippen molar-refractivity contribution in [1.29, 1.82) is 15.8 Å². The molecule has 6 aromatic rings. The van der Waals surface area contributed by atoms with Gasteiger partial charge in [0.25, 0.3) is 0 Å². The number of unbranched alkanes of at least 4 members (excludes halogenated alkanes) is 1. The standard InChI is InChI=1S/C11H11N5S2.C8H6N6S.C8H5N5S2/c1-2-3-4-9-15-16-11(17-9)18-10-8(7-12)13-5-6-14-10;1-14-5-12-13-8(14)15-7-6(4-9)10-2-3-11-7;1-5-12-13-8(14-5)15-7-6(4-9)10-2-3-11-7/h5-6H,2-4H2,1H3;2-3,5H,1H3;2-3H,1H3. The van der Waals surface area contributed by atoms with Crippen LogP contribution in [0.25, 0.3) is 0 Å². The second-order valence-electron chi connectivity index (χ2n) is 8.65. The smallest absolute Gasteiger partial charge is 0.197 e. The SMILES string of the molecule is CCCCc1nnc(Sc2nccnc2C#N)s1.Cc1nnc(Sc2nccnc2C#N)s1.Cn1cnnc1Sc1nccnc1C#N. The fourth-order valence-electron chi connectivity index (χ4n) is 3.07. The van der Waals surface area contributed by atoms with Crippen molar-refractivity contribution in [2.45, 2.75) is 62.0 Å². The average Bonchev–Trinajstić information content (AvgIpc) is 3.86. The molecule has 240 valence electrons. The van der Waals surface area contributed by atoms with Gasteiger partial charge in [-0.25, -0.2) is 29.9 Å². The fourth-order valence-corrected chi connectivity index (χ4v) is 7.43. The van der Waals surface area contributed by atoms with Crippen LogP contribution in [0.3, 0.4) is 0 Å². The van der Waals surface area contributed by atoms with E-state index < -0.39 is 0 Å². The zero-order chi connectivity index (χ0) is 34.1. The summed E-state index contributed by atoms with van der Waals surface area (Å²) in [4.78, 5) is 24.0. The fraction of sp³-hybridized carbons (Fsp3) is 0.222. The lowest BCUT2D eigenvalue weighted by atomic mass is 10.3. The number of rotatable bonds is 9. The Hall–Kier alpha value is -4.98. The Labute approximate surface area is 295 Å². The van der Waals surface area contributed by atoms with E-state index in [9.17, 15) is 0 Å². The third-order valence-corrected chi connectivity index (χ3v) is 10.2. The maximum absolute atomic E-state index is 8.92. The first-order chi connectivity index (χ1) is 23.4. The van der Waals surface area contributed by atoms with Crippen LogP contribution >= 0.6 is 58.0 Å². The number of aromatic nitrogens is 13. The predicted octanol–water partition coefficient (Wildman–Crippen LogP) is 4.98. The van der Waals surface area contributed by atoms with E-state index in [1.165, 1.54) is 65.2 Å². The average molecular weight is 731 g/mol. The van der Waals surface area contributed by atoms with Crippen molar-refractivity contribution in [3.63, 3.8) is 0 Å². The summed E-state index contributed by atoms with van der Waals surface area (Å²) < 4.78 is 3.32. The monoisotopic (exact) mass is 730 g/mol. The van der Waals surface area contributed by atoms with Crippen LogP contribution in [0.5, 0.6) is 0 Å². The summed E-state index contributed by atoms with van der Waals surface area (Å²) in [5, 5.41) is 54.5. The molecule has 0 aliphatic heterocycles. The van der Waals surface area contributed by atoms with Crippen molar-refractivity contribution >= 4 is 58.0 Å². The van der Waals surface area contributed by atoms with Crippen LogP contribution < -0.4 is 0 Å². The van der Waals surface area contributed by atoms with Gasteiger partial charge in [0.1, 0.15) is 49.6 Å². The first-order valence-corrected chi connectivity index (χ1v) is 17.7. The minimum atomic E-state index is 0.297. The number of hydrogen-bond acceptors (Lipinski definition) is 20. The summed E-state index contributed by atoms with van der Waals surface area (Å²) in [5.41, 5.74) is 0.939. The molecule has 16 nitrogen and oxygen atoms in total. The van der Waals surface area contributed by atoms with Crippen LogP contribution in [-0.2, 0) is 13.5 Å². The van der Waals surface area contributed by atoms with Crippen molar-refractivity contribution in [2.75, 3.05) is 0 Å². The molecule has 0 bridgehead atoms. The lowest BCUT2D eigenvalue weighted by Gasteiger charge is -1.99. The van der Waals surface area contributed by atoms with Gasteiger partial charge in [-0.15, -0.1) is 30.6 Å². The highest BCUT2D eigenvalue weighted by Gasteiger charge is 2.12. The summed E-state index contributed by atoms with van der Waals surface area (Å²) in [6.45, 7) is 4.03. The van der Waals surface area contributed by atoms with Crippen molar-refractivity contribution < 1.29 is 0 Å². The van der Waals surface area contributed by atoms with Gasteiger partial charge in [0.15, 0.2) is 30.9 Å². The lowest BCUT2D eigenvalue weighted by molar-refractivity contribution is 0.777. The Morgan fingerprint density at radius 3 is 1.62 bits per heavy atom. The number of nitriles is 3. The molecule has 6 aromatic heterocycles. The molecule has 0 aromatic carbocycles. The molecule has 0 aliphatic rings. The molecule has 0 aliphatic carbocycles. The maximum Gasteiger partial charge on any atom is 0.197 e. The number of aryl methyl sites for hydroxylation is 3. The topological polar surface area (TPSA) is 231 Å². The number of nitrogens with zero attached hydrogens (tertiary/aromatic N) is 16. The zero-order valence-corrected chi connectivity index (χ0v) is 29.4. The molecule has 0 radical (unpaired) electrons. The van der Waals surface area contributed by atoms with Gasteiger partial charge < -0.3 is 4.57 Å². The Kier molecular flexibility index (Phi) is 14.2. The molecule has 48 heavy (non-hydrogen) atoms. The van der Waals surface area contributed by atoms with E-state index in [2.05, 4.69) is 67.4 Å². The molecule has 0 amide bonds. The first-order valence-electron chi connectivity index (χ1n) is 13.6. The van der Waals surface area contributed by atoms with Crippen LogP contribution in [-0.4, -0.2) is 65.1 Å². The van der Waals surface area contributed by atoms with Gasteiger partial charge >= 0.3 is 0 Å². The molecule has 0 N–H and O–H groups in total. The minimum absolute atomic E-state index is 0.297. The molecule has 0 spiro atoms. The van der Waals surface area contributed by atoms with Gasteiger partial charge in [-0.3, -0.25) is 0 Å².